The first-order valence-corrected chi connectivity index (χ1v) is 8.12. The molecular weight excluding hydrogens is 254 g/mol. The molecule has 0 aliphatic heterocycles. The van der Waals surface area contributed by atoms with Crippen molar-refractivity contribution in [3.05, 3.63) is 34.9 Å². The molecule has 1 N–H and O–H groups in total. The molecule has 0 spiro atoms. The first kappa shape index (κ1) is 14.9. The molecule has 2 heteroatoms. The smallest absolute Gasteiger partial charge is 0.0408 e. The SMILES string of the molecule is CC(Cc1cccc(Cl)c1)NC1CCCCCCC1. The van der Waals surface area contributed by atoms with Gasteiger partial charge in [0, 0.05) is 17.1 Å². The summed E-state index contributed by atoms with van der Waals surface area (Å²) in [4.78, 5) is 0. The van der Waals surface area contributed by atoms with Crippen molar-refractivity contribution in [3.8, 4) is 0 Å². The highest BCUT2D eigenvalue weighted by molar-refractivity contribution is 6.30. The minimum absolute atomic E-state index is 0.530. The van der Waals surface area contributed by atoms with E-state index < -0.39 is 0 Å². The van der Waals surface area contributed by atoms with Crippen LogP contribution in [0.2, 0.25) is 5.02 Å². The number of rotatable bonds is 4. The van der Waals surface area contributed by atoms with E-state index in [1.54, 1.807) is 0 Å². The van der Waals surface area contributed by atoms with Crippen LogP contribution in [0.1, 0.15) is 57.4 Å². The predicted molar refractivity (Wildman–Crippen MR) is 83.9 cm³/mol. The van der Waals surface area contributed by atoms with E-state index in [-0.39, 0.29) is 0 Å². The van der Waals surface area contributed by atoms with Crippen molar-refractivity contribution in [2.24, 2.45) is 0 Å². The van der Waals surface area contributed by atoms with Crippen molar-refractivity contribution >= 4 is 11.6 Å². The lowest BCUT2D eigenvalue weighted by atomic mass is 9.95. The lowest BCUT2D eigenvalue weighted by Gasteiger charge is -2.25. The molecule has 1 aromatic rings. The van der Waals surface area contributed by atoms with Crippen molar-refractivity contribution in [2.45, 2.75) is 70.4 Å². The van der Waals surface area contributed by atoms with Crippen LogP contribution in [0, 0.1) is 0 Å². The van der Waals surface area contributed by atoms with Crippen molar-refractivity contribution in [2.75, 3.05) is 0 Å². The second kappa shape index (κ2) is 7.91. The van der Waals surface area contributed by atoms with Gasteiger partial charge < -0.3 is 5.32 Å². The van der Waals surface area contributed by atoms with Crippen molar-refractivity contribution in [3.63, 3.8) is 0 Å². The summed E-state index contributed by atoms with van der Waals surface area (Å²) in [6.07, 6.45) is 10.8. The van der Waals surface area contributed by atoms with E-state index in [1.165, 1.54) is 50.5 Å². The Balaban J connectivity index is 1.80. The molecule has 0 amide bonds. The van der Waals surface area contributed by atoms with E-state index in [0.717, 1.165) is 17.5 Å². The minimum atomic E-state index is 0.530. The monoisotopic (exact) mass is 279 g/mol. The van der Waals surface area contributed by atoms with Gasteiger partial charge in [-0.15, -0.1) is 0 Å². The van der Waals surface area contributed by atoms with Gasteiger partial charge in [0.1, 0.15) is 0 Å². The van der Waals surface area contributed by atoms with Gasteiger partial charge in [-0.2, -0.15) is 0 Å². The van der Waals surface area contributed by atoms with Gasteiger partial charge in [0.2, 0.25) is 0 Å². The highest BCUT2D eigenvalue weighted by atomic mass is 35.5. The Bertz CT molecular complexity index is 369. The van der Waals surface area contributed by atoms with Gasteiger partial charge >= 0.3 is 0 Å². The third-order valence-electron chi connectivity index (χ3n) is 4.06. The summed E-state index contributed by atoms with van der Waals surface area (Å²) in [5, 5.41) is 4.65. The summed E-state index contributed by atoms with van der Waals surface area (Å²) >= 11 is 6.04. The first-order valence-electron chi connectivity index (χ1n) is 7.74. The molecule has 0 aromatic heterocycles. The fourth-order valence-electron chi connectivity index (χ4n) is 3.10. The zero-order valence-corrected chi connectivity index (χ0v) is 12.8. The summed E-state index contributed by atoms with van der Waals surface area (Å²) in [5.74, 6) is 0. The van der Waals surface area contributed by atoms with Crippen LogP contribution >= 0.6 is 11.6 Å². The van der Waals surface area contributed by atoms with E-state index in [0.29, 0.717) is 6.04 Å². The normalized spacial score (nSPS) is 19.7. The van der Waals surface area contributed by atoms with Crippen LogP contribution in [0.3, 0.4) is 0 Å². The summed E-state index contributed by atoms with van der Waals surface area (Å²) < 4.78 is 0. The number of benzene rings is 1. The third kappa shape index (κ3) is 5.54. The van der Waals surface area contributed by atoms with E-state index in [2.05, 4.69) is 24.4 Å². The van der Waals surface area contributed by atoms with Gasteiger partial charge in [-0.3, -0.25) is 0 Å². The number of nitrogens with one attached hydrogen (secondary N) is 1. The zero-order valence-electron chi connectivity index (χ0n) is 12.0. The molecule has 1 nitrogen and oxygen atoms in total. The molecule has 0 heterocycles. The minimum Gasteiger partial charge on any atom is -0.311 e. The molecule has 19 heavy (non-hydrogen) atoms. The number of hydrogen-bond donors (Lipinski definition) is 1. The Morgan fingerprint density at radius 2 is 1.84 bits per heavy atom. The molecular formula is C17H26ClN. The highest BCUT2D eigenvalue weighted by Gasteiger charge is 2.14. The van der Waals surface area contributed by atoms with Gasteiger partial charge in [0.05, 0.1) is 0 Å². The molecule has 0 radical (unpaired) electrons. The molecule has 1 unspecified atom stereocenters. The average Bonchev–Trinajstić information content (AvgIpc) is 2.32. The van der Waals surface area contributed by atoms with Crippen molar-refractivity contribution < 1.29 is 0 Å². The van der Waals surface area contributed by atoms with Crippen LogP contribution < -0.4 is 5.32 Å². The van der Waals surface area contributed by atoms with Gasteiger partial charge in [0.15, 0.2) is 0 Å². The van der Waals surface area contributed by atoms with E-state index in [9.17, 15) is 0 Å². The van der Waals surface area contributed by atoms with Gasteiger partial charge in [-0.05, 0) is 43.9 Å². The van der Waals surface area contributed by atoms with E-state index in [4.69, 9.17) is 11.6 Å². The maximum atomic E-state index is 6.04. The fourth-order valence-corrected chi connectivity index (χ4v) is 3.31. The van der Waals surface area contributed by atoms with Crippen LogP contribution in [0.4, 0.5) is 0 Å². The van der Waals surface area contributed by atoms with Crippen LogP contribution in [0.5, 0.6) is 0 Å². The van der Waals surface area contributed by atoms with Crippen LogP contribution in [-0.4, -0.2) is 12.1 Å². The second-order valence-electron chi connectivity index (χ2n) is 5.94. The van der Waals surface area contributed by atoms with Gasteiger partial charge in [0.25, 0.3) is 0 Å². The summed E-state index contributed by atoms with van der Waals surface area (Å²) in [5.41, 5.74) is 1.33. The quantitative estimate of drug-likeness (QED) is 0.820. The second-order valence-corrected chi connectivity index (χ2v) is 6.38. The molecule has 1 aliphatic carbocycles. The molecule has 1 fully saturated rings. The Morgan fingerprint density at radius 1 is 1.16 bits per heavy atom. The van der Waals surface area contributed by atoms with Crippen LogP contribution in [0.15, 0.2) is 24.3 Å². The van der Waals surface area contributed by atoms with E-state index >= 15 is 0 Å². The number of halogens is 1. The van der Waals surface area contributed by atoms with Crippen molar-refractivity contribution in [1.82, 2.24) is 5.32 Å². The fraction of sp³-hybridized carbons (Fsp3) is 0.647. The van der Waals surface area contributed by atoms with Crippen LogP contribution in [-0.2, 0) is 6.42 Å². The molecule has 1 aliphatic rings. The topological polar surface area (TPSA) is 12.0 Å². The molecule has 1 atom stereocenters. The largest absolute Gasteiger partial charge is 0.311 e. The molecule has 2 rings (SSSR count). The van der Waals surface area contributed by atoms with Crippen LogP contribution in [0.25, 0.3) is 0 Å². The Hall–Kier alpha value is -0.530. The molecule has 0 bridgehead atoms. The lowest BCUT2D eigenvalue weighted by Crippen LogP contribution is -2.38. The Morgan fingerprint density at radius 3 is 2.53 bits per heavy atom. The predicted octanol–water partition coefficient (Wildman–Crippen LogP) is 4.97. The maximum absolute atomic E-state index is 6.04. The van der Waals surface area contributed by atoms with Crippen molar-refractivity contribution in [1.29, 1.82) is 0 Å². The third-order valence-corrected chi connectivity index (χ3v) is 4.29. The zero-order chi connectivity index (χ0) is 13.5. The first-order chi connectivity index (χ1) is 9.24. The average molecular weight is 280 g/mol. The Labute approximate surface area is 122 Å². The highest BCUT2D eigenvalue weighted by Crippen LogP contribution is 2.18. The molecule has 1 saturated carbocycles. The summed E-state index contributed by atoms with van der Waals surface area (Å²) in [6.45, 7) is 2.29. The summed E-state index contributed by atoms with van der Waals surface area (Å²) in [7, 11) is 0. The molecule has 1 aromatic carbocycles. The number of hydrogen-bond acceptors (Lipinski definition) is 1. The van der Waals surface area contributed by atoms with E-state index in [1.807, 2.05) is 12.1 Å². The molecule has 106 valence electrons. The standard InChI is InChI=1S/C17H26ClN/c1-14(12-15-8-7-9-16(18)13-15)19-17-10-5-3-2-4-6-11-17/h7-9,13-14,17,19H,2-6,10-12H2,1H3. The maximum Gasteiger partial charge on any atom is 0.0408 e. The van der Waals surface area contributed by atoms with Gasteiger partial charge in [-0.25, -0.2) is 0 Å². The van der Waals surface area contributed by atoms with Gasteiger partial charge in [-0.1, -0.05) is 55.8 Å². The Kier molecular flexibility index (Phi) is 6.19. The lowest BCUT2D eigenvalue weighted by molar-refractivity contribution is 0.358. The summed E-state index contributed by atoms with van der Waals surface area (Å²) in [6, 6.07) is 9.48. The molecule has 0 saturated heterocycles.